The molecule has 4 aromatic rings. The van der Waals surface area contributed by atoms with Crippen molar-refractivity contribution < 1.29 is 19.4 Å². The minimum atomic E-state index is -1.15. The van der Waals surface area contributed by atoms with Crippen molar-refractivity contribution in [2.75, 3.05) is 11.9 Å². The van der Waals surface area contributed by atoms with Crippen molar-refractivity contribution in [2.45, 2.75) is 12.8 Å². The molecule has 0 fully saturated rings. The summed E-state index contributed by atoms with van der Waals surface area (Å²) in [6.07, 6.45) is -0.688. The molecule has 0 spiro atoms. The standard InChI is InChI=1S/C25H20N2O4/c1-14-10-11-21-19(12-14)22(23(26-21)24(28)29)27-25(30)31-13-20-17-8-4-2-6-15(17)16-7-3-5-9-18(16)20/h2-12,20,26H,13H2,1H3,(H,27,30)(H,28,29). The summed E-state index contributed by atoms with van der Waals surface area (Å²) in [5.41, 5.74) is 6.25. The molecule has 0 saturated heterocycles. The Bertz CT molecular complexity index is 1290. The molecule has 0 bridgehead atoms. The molecule has 0 unspecified atom stereocenters. The highest BCUT2D eigenvalue weighted by atomic mass is 16.5. The molecule has 154 valence electrons. The van der Waals surface area contributed by atoms with Crippen molar-refractivity contribution >= 4 is 28.7 Å². The van der Waals surface area contributed by atoms with Gasteiger partial charge in [-0.25, -0.2) is 9.59 Å². The van der Waals surface area contributed by atoms with Gasteiger partial charge in [-0.1, -0.05) is 60.2 Å². The predicted octanol–water partition coefficient (Wildman–Crippen LogP) is 5.54. The summed E-state index contributed by atoms with van der Waals surface area (Å²) in [5.74, 6) is -1.22. The van der Waals surface area contributed by atoms with Gasteiger partial charge in [-0.2, -0.15) is 0 Å². The quantitative estimate of drug-likeness (QED) is 0.411. The van der Waals surface area contributed by atoms with Crippen LogP contribution in [0.5, 0.6) is 0 Å². The van der Waals surface area contributed by atoms with Crippen LogP contribution in [0.15, 0.2) is 66.7 Å². The molecule has 0 atom stereocenters. The first-order valence-electron chi connectivity index (χ1n) is 10.0. The van der Waals surface area contributed by atoms with E-state index in [1.165, 1.54) is 0 Å². The molecule has 6 heteroatoms. The third kappa shape index (κ3) is 3.22. The smallest absolute Gasteiger partial charge is 0.411 e. The fourth-order valence-corrected chi connectivity index (χ4v) is 4.33. The fraction of sp³-hybridized carbons (Fsp3) is 0.120. The van der Waals surface area contributed by atoms with Crippen molar-refractivity contribution in [3.63, 3.8) is 0 Å². The van der Waals surface area contributed by atoms with Gasteiger partial charge in [-0.05, 0) is 41.3 Å². The number of benzene rings is 3. The van der Waals surface area contributed by atoms with Crippen LogP contribution >= 0.6 is 0 Å². The van der Waals surface area contributed by atoms with E-state index in [1.54, 1.807) is 6.07 Å². The number of aryl methyl sites for hydroxylation is 1. The van der Waals surface area contributed by atoms with Gasteiger partial charge in [-0.15, -0.1) is 0 Å². The van der Waals surface area contributed by atoms with Gasteiger partial charge in [0.05, 0.1) is 5.69 Å². The monoisotopic (exact) mass is 412 g/mol. The average molecular weight is 412 g/mol. The van der Waals surface area contributed by atoms with Crippen LogP contribution in [0.4, 0.5) is 10.5 Å². The molecule has 0 aliphatic heterocycles. The normalized spacial score (nSPS) is 12.4. The Morgan fingerprint density at radius 1 is 1.00 bits per heavy atom. The van der Waals surface area contributed by atoms with Gasteiger partial charge < -0.3 is 14.8 Å². The summed E-state index contributed by atoms with van der Waals surface area (Å²) < 4.78 is 5.57. The number of aromatic amines is 1. The second-order valence-electron chi connectivity index (χ2n) is 7.68. The van der Waals surface area contributed by atoms with Crippen LogP contribution in [0.3, 0.4) is 0 Å². The van der Waals surface area contributed by atoms with E-state index >= 15 is 0 Å². The maximum atomic E-state index is 12.7. The first kappa shape index (κ1) is 18.9. The third-order valence-electron chi connectivity index (χ3n) is 5.74. The Morgan fingerprint density at radius 3 is 2.29 bits per heavy atom. The number of carboxylic acids is 1. The number of rotatable bonds is 4. The molecular weight excluding hydrogens is 392 g/mol. The van der Waals surface area contributed by atoms with Crippen molar-refractivity contribution in [1.29, 1.82) is 0 Å². The van der Waals surface area contributed by atoms with E-state index in [-0.39, 0.29) is 23.9 Å². The maximum absolute atomic E-state index is 12.7. The van der Waals surface area contributed by atoms with Gasteiger partial charge in [0, 0.05) is 16.8 Å². The van der Waals surface area contributed by atoms with Crippen molar-refractivity contribution in [3.8, 4) is 11.1 Å². The number of hydrogen-bond donors (Lipinski definition) is 3. The highest BCUT2D eigenvalue weighted by molar-refractivity contribution is 6.09. The third-order valence-corrected chi connectivity index (χ3v) is 5.74. The highest BCUT2D eigenvalue weighted by Crippen LogP contribution is 2.44. The molecule has 3 aromatic carbocycles. The summed E-state index contributed by atoms with van der Waals surface area (Å²) >= 11 is 0. The lowest BCUT2D eigenvalue weighted by molar-refractivity contribution is 0.0692. The Balaban J connectivity index is 1.40. The minimum absolute atomic E-state index is 0.0673. The zero-order valence-corrected chi connectivity index (χ0v) is 16.8. The molecule has 5 rings (SSSR count). The largest absolute Gasteiger partial charge is 0.477 e. The van der Waals surface area contributed by atoms with E-state index in [1.807, 2.05) is 55.5 Å². The summed E-state index contributed by atoms with van der Waals surface area (Å²) in [7, 11) is 0. The van der Waals surface area contributed by atoms with Crippen LogP contribution in [0.1, 0.15) is 33.1 Å². The first-order chi connectivity index (χ1) is 15.0. The Labute approximate surface area is 178 Å². The number of nitrogens with one attached hydrogen (secondary N) is 2. The van der Waals surface area contributed by atoms with Gasteiger partial charge in [-0.3, -0.25) is 5.32 Å². The zero-order valence-electron chi connectivity index (χ0n) is 16.8. The second kappa shape index (κ2) is 7.32. The van der Waals surface area contributed by atoms with Crippen LogP contribution in [0.25, 0.3) is 22.0 Å². The highest BCUT2D eigenvalue weighted by Gasteiger charge is 2.29. The lowest BCUT2D eigenvalue weighted by Crippen LogP contribution is -2.19. The van der Waals surface area contributed by atoms with E-state index in [9.17, 15) is 14.7 Å². The van der Waals surface area contributed by atoms with Crippen LogP contribution in [0, 0.1) is 6.92 Å². The van der Waals surface area contributed by atoms with Gasteiger partial charge in [0.15, 0.2) is 0 Å². The lowest BCUT2D eigenvalue weighted by Gasteiger charge is -2.14. The van der Waals surface area contributed by atoms with Crippen molar-refractivity contribution in [2.24, 2.45) is 0 Å². The first-order valence-corrected chi connectivity index (χ1v) is 10.0. The number of hydrogen-bond acceptors (Lipinski definition) is 3. The van der Waals surface area contributed by atoms with E-state index in [2.05, 4.69) is 22.4 Å². The molecule has 1 amide bonds. The second-order valence-corrected chi connectivity index (χ2v) is 7.68. The number of aromatic nitrogens is 1. The van der Waals surface area contributed by atoms with E-state index in [4.69, 9.17) is 4.74 Å². The van der Waals surface area contributed by atoms with Crippen LogP contribution in [-0.4, -0.2) is 28.8 Å². The van der Waals surface area contributed by atoms with Crippen LogP contribution in [0.2, 0.25) is 0 Å². The van der Waals surface area contributed by atoms with Gasteiger partial charge >= 0.3 is 12.1 Å². The molecule has 0 saturated carbocycles. The lowest BCUT2D eigenvalue weighted by atomic mass is 9.98. The van der Waals surface area contributed by atoms with E-state index in [0.717, 1.165) is 27.8 Å². The number of aromatic carboxylic acids is 1. The molecule has 1 heterocycles. The molecule has 6 nitrogen and oxygen atoms in total. The Hall–Kier alpha value is -4.06. The maximum Gasteiger partial charge on any atom is 0.411 e. The average Bonchev–Trinajstić information content (AvgIpc) is 3.28. The molecule has 0 radical (unpaired) electrons. The van der Waals surface area contributed by atoms with Crippen molar-refractivity contribution in [3.05, 3.63) is 89.1 Å². The number of carboxylic acid groups (broad SMARTS) is 1. The number of carbonyl (C=O) groups is 2. The number of carbonyl (C=O) groups excluding carboxylic acids is 1. The molecule has 1 aliphatic carbocycles. The van der Waals surface area contributed by atoms with Gasteiger partial charge in [0.2, 0.25) is 0 Å². The van der Waals surface area contributed by atoms with E-state index < -0.39 is 12.1 Å². The Morgan fingerprint density at radius 2 is 1.65 bits per heavy atom. The minimum Gasteiger partial charge on any atom is -0.477 e. The molecule has 31 heavy (non-hydrogen) atoms. The molecule has 1 aliphatic rings. The molecular formula is C25H20N2O4. The SMILES string of the molecule is Cc1ccc2[nH]c(C(=O)O)c(NC(=O)OCC3c4ccccc4-c4ccccc43)c2c1. The van der Waals surface area contributed by atoms with Gasteiger partial charge in [0.1, 0.15) is 12.3 Å². The number of fused-ring (bicyclic) bond motifs is 4. The fourth-order valence-electron chi connectivity index (χ4n) is 4.33. The molecule has 1 aromatic heterocycles. The van der Waals surface area contributed by atoms with Crippen molar-refractivity contribution in [1.82, 2.24) is 4.98 Å². The topological polar surface area (TPSA) is 91.4 Å². The van der Waals surface area contributed by atoms with Crippen LogP contribution < -0.4 is 5.32 Å². The number of H-pyrrole nitrogens is 1. The zero-order chi connectivity index (χ0) is 21.5. The van der Waals surface area contributed by atoms with E-state index in [0.29, 0.717) is 10.9 Å². The number of anilines is 1. The summed E-state index contributed by atoms with van der Waals surface area (Å²) in [6.45, 7) is 2.06. The predicted molar refractivity (Wildman–Crippen MR) is 119 cm³/mol. The number of ether oxygens (including phenoxy) is 1. The van der Waals surface area contributed by atoms with Gasteiger partial charge in [0.25, 0.3) is 0 Å². The number of amides is 1. The summed E-state index contributed by atoms with van der Waals surface area (Å²) in [6, 6.07) is 21.7. The Kier molecular flexibility index (Phi) is 4.47. The summed E-state index contributed by atoms with van der Waals surface area (Å²) in [5, 5.41) is 12.8. The van der Waals surface area contributed by atoms with Crippen LogP contribution in [-0.2, 0) is 4.74 Å². The summed E-state index contributed by atoms with van der Waals surface area (Å²) in [4.78, 5) is 27.2. The molecule has 3 N–H and O–H groups in total.